The highest BCUT2D eigenvalue weighted by atomic mass is 32.1. The summed E-state index contributed by atoms with van der Waals surface area (Å²) in [5.74, 6) is 1.15. The maximum atomic E-state index is 13.6. The first-order valence-corrected chi connectivity index (χ1v) is 28.4. The van der Waals surface area contributed by atoms with Crippen molar-refractivity contribution in [2.75, 3.05) is 47.4 Å². The molecule has 0 bridgehead atoms. The number of benzene rings is 2. The van der Waals surface area contributed by atoms with E-state index >= 15 is 0 Å². The largest absolute Gasteiger partial charge is 0.362 e. The van der Waals surface area contributed by atoms with Gasteiger partial charge in [0.25, 0.3) is 0 Å². The molecule has 0 aliphatic rings. The van der Waals surface area contributed by atoms with Crippen molar-refractivity contribution >= 4 is 88.4 Å². The van der Waals surface area contributed by atoms with Crippen LogP contribution >= 0.6 is 24.8 Å². The van der Waals surface area contributed by atoms with E-state index in [0.29, 0.717) is 80.2 Å². The molecule has 76 heavy (non-hydrogen) atoms. The molecular formula is C56H96N12O6S2. The molecule has 0 saturated heterocycles. The van der Waals surface area contributed by atoms with Crippen LogP contribution in [-0.4, -0.2) is 96.6 Å². The maximum Gasteiger partial charge on any atom is 0.319 e. The normalized spacial score (nSPS) is 14.2. The summed E-state index contributed by atoms with van der Waals surface area (Å²) in [6.07, 6.45) is 3.83. The van der Waals surface area contributed by atoms with Gasteiger partial charge in [0.2, 0.25) is 23.6 Å². The lowest BCUT2D eigenvalue weighted by atomic mass is 9.97. The first-order chi connectivity index (χ1) is 35.7. The molecule has 12 N–H and O–H groups in total. The van der Waals surface area contributed by atoms with Gasteiger partial charge in [-0.15, -0.1) is 12.6 Å². The monoisotopic (exact) mass is 1100 g/mol. The van der Waals surface area contributed by atoms with E-state index in [4.69, 9.17) is 24.8 Å². The van der Waals surface area contributed by atoms with Gasteiger partial charge in [-0.2, -0.15) is 0 Å². The second kappa shape index (κ2) is 35.1. The van der Waals surface area contributed by atoms with E-state index in [1.807, 2.05) is 65.8 Å². The summed E-state index contributed by atoms with van der Waals surface area (Å²) in [5, 5.41) is 36.6. The zero-order chi connectivity index (χ0) is 57.1. The highest BCUT2D eigenvalue weighted by Crippen LogP contribution is 2.19. The third-order valence-electron chi connectivity index (χ3n) is 12.0. The van der Waals surface area contributed by atoms with Crippen molar-refractivity contribution in [2.45, 2.75) is 165 Å². The fourth-order valence-electron chi connectivity index (χ4n) is 7.91. The van der Waals surface area contributed by atoms with Crippen LogP contribution in [-0.2, 0) is 19.2 Å². The first-order valence-electron chi connectivity index (χ1n) is 27.4. The molecule has 0 fully saturated rings. The molecule has 0 saturated carbocycles. The maximum absolute atomic E-state index is 13.6. The summed E-state index contributed by atoms with van der Waals surface area (Å²) in [6, 6.07) is 10.6. The fourth-order valence-corrected chi connectivity index (χ4v) is 8.50. The average molecular weight is 1100 g/mol. The van der Waals surface area contributed by atoms with Gasteiger partial charge in [-0.05, 0) is 147 Å². The number of anilines is 4. The summed E-state index contributed by atoms with van der Waals surface area (Å²) >= 11 is 10.3. The SMILES string of the molecule is CC(C)CNC(=O)[C@H](CC(C)C)NC(=O)Nc1ccc(NC(=O)N[C@@H](CC(C)C)C(=O)NCC(C)CCC(C)CNC(=O)[C@H](CC(C)C)NC(S)Nc2ccc(NC(=S)N[C@@H](CC(C)C)C(=O)NCC(C)C)cc2)cc1. The zero-order valence-electron chi connectivity index (χ0n) is 48.0. The van der Waals surface area contributed by atoms with Gasteiger partial charge >= 0.3 is 12.1 Å². The van der Waals surface area contributed by atoms with Crippen molar-refractivity contribution in [3.63, 3.8) is 0 Å². The van der Waals surface area contributed by atoms with E-state index < -0.39 is 41.7 Å². The number of hydrogen-bond donors (Lipinski definition) is 13. The molecule has 8 amide bonds. The first kappa shape index (κ1) is 66.8. The van der Waals surface area contributed by atoms with Gasteiger partial charge in [-0.1, -0.05) is 96.9 Å². The van der Waals surface area contributed by atoms with Gasteiger partial charge in [0.15, 0.2) is 5.11 Å². The van der Waals surface area contributed by atoms with Crippen molar-refractivity contribution in [3.05, 3.63) is 48.5 Å². The number of urea groups is 2. The standard InChI is InChI=1S/C56H96N12O6S2/c1-33(2)25-45(49(69)57-29-37(9)10)65-53(73)61-41-17-19-42(20-18-41)62-54(74)66-46(26-34(3)4)50(70)59-31-39(13)15-16-40(14)32-60-52(72)48(28-36(7)8)68-56(76)64-44-23-21-43(22-24-44)63-55(75)67-47(27-35(5)6)51(71)58-30-38(11)12/h17-24,33-40,45-48,56,64,68,76H,15-16,25-32H2,1-14H3,(H,57,69)(H,58,71)(H,59,70)(H,60,72)(H2,61,65,73)(H2,62,66,74)(H2,63,67,75)/t39?,40?,45-,46-,47-,48-,56?/m0/s1. The number of carbonyl (C=O) groups is 6. The Morgan fingerprint density at radius 2 is 0.711 bits per heavy atom. The Hall–Kier alpha value is -5.34. The lowest BCUT2D eigenvalue weighted by Crippen LogP contribution is -2.50. The molecule has 7 atom stereocenters. The number of thiol groups is 1. The Kier molecular flexibility index (Phi) is 30.9. The van der Waals surface area contributed by atoms with Crippen molar-refractivity contribution in [1.29, 1.82) is 0 Å². The Bertz CT molecular complexity index is 2090. The van der Waals surface area contributed by atoms with E-state index in [0.717, 1.165) is 24.2 Å². The van der Waals surface area contributed by atoms with Crippen LogP contribution in [0.15, 0.2) is 48.5 Å². The predicted octanol–water partition coefficient (Wildman–Crippen LogP) is 8.62. The highest BCUT2D eigenvalue weighted by Gasteiger charge is 2.26. The van der Waals surface area contributed by atoms with Gasteiger partial charge in [0.05, 0.1) is 6.04 Å². The van der Waals surface area contributed by atoms with Crippen LogP contribution < -0.4 is 63.8 Å². The summed E-state index contributed by atoms with van der Waals surface area (Å²) in [6.45, 7) is 30.6. The van der Waals surface area contributed by atoms with Crippen LogP contribution in [0.1, 0.15) is 135 Å². The van der Waals surface area contributed by atoms with Gasteiger partial charge in [-0.3, -0.25) is 24.5 Å². The molecule has 0 aromatic heterocycles. The Labute approximate surface area is 466 Å². The lowest BCUT2D eigenvalue weighted by molar-refractivity contribution is -0.124. The number of amides is 8. The quantitative estimate of drug-likeness (QED) is 0.0183. The smallest absolute Gasteiger partial charge is 0.319 e. The zero-order valence-corrected chi connectivity index (χ0v) is 49.7. The molecule has 428 valence electrons. The van der Waals surface area contributed by atoms with E-state index in [1.54, 1.807) is 24.3 Å². The van der Waals surface area contributed by atoms with E-state index in [-0.39, 0.29) is 59.1 Å². The molecule has 2 rings (SSSR count). The van der Waals surface area contributed by atoms with Crippen molar-refractivity contribution in [2.24, 2.45) is 47.3 Å². The van der Waals surface area contributed by atoms with Crippen molar-refractivity contribution in [1.82, 2.24) is 42.5 Å². The Balaban J connectivity index is 1.84. The van der Waals surface area contributed by atoms with Gasteiger partial charge in [0.1, 0.15) is 23.6 Å². The number of hydrogen-bond acceptors (Lipinski definition) is 10. The summed E-state index contributed by atoms with van der Waals surface area (Å²) < 4.78 is 0. The molecule has 0 aliphatic carbocycles. The van der Waals surface area contributed by atoms with Gasteiger partial charge in [0, 0.05) is 48.9 Å². The van der Waals surface area contributed by atoms with E-state index in [2.05, 4.69) is 119 Å². The third-order valence-corrected chi connectivity index (χ3v) is 12.5. The van der Waals surface area contributed by atoms with E-state index in [9.17, 15) is 28.8 Å². The molecule has 0 spiro atoms. The Morgan fingerprint density at radius 3 is 1.07 bits per heavy atom. The molecule has 18 nitrogen and oxygen atoms in total. The van der Waals surface area contributed by atoms with Crippen LogP contribution in [0.5, 0.6) is 0 Å². The lowest BCUT2D eigenvalue weighted by Gasteiger charge is -2.26. The van der Waals surface area contributed by atoms with Crippen LogP contribution in [0.2, 0.25) is 0 Å². The minimum atomic E-state index is -0.762. The van der Waals surface area contributed by atoms with E-state index in [1.165, 1.54) is 0 Å². The number of nitrogens with one attached hydrogen (secondary N) is 12. The number of rotatable bonds is 33. The minimum absolute atomic E-state index is 0.0743. The Morgan fingerprint density at radius 1 is 0.408 bits per heavy atom. The van der Waals surface area contributed by atoms with Crippen LogP contribution in [0.25, 0.3) is 0 Å². The second-order valence-corrected chi connectivity index (χ2v) is 23.9. The minimum Gasteiger partial charge on any atom is -0.362 e. The van der Waals surface area contributed by atoms with Crippen LogP contribution in [0.4, 0.5) is 32.3 Å². The molecule has 2 aromatic carbocycles. The third kappa shape index (κ3) is 29.3. The van der Waals surface area contributed by atoms with Gasteiger partial charge in [-0.25, -0.2) is 9.59 Å². The predicted molar refractivity (Wildman–Crippen MR) is 318 cm³/mol. The molecule has 20 heteroatoms. The molecule has 2 aromatic rings. The molecular weight excluding hydrogens is 1000 g/mol. The topological polar surface area (TPSA) is 247 Å². The molecule has 3 unspecified atom stereocenters. The highest BCUT2D eigenvalue weighted by molar-refractivity contribution is 7.81. The van der Waals surface area contributed by atoms with Crippen LogP contribution in [0.3, 0.4) is 0 Å². The van der Waals surface area contributed by atoms with Gasteiger partial charge < -0.3 is 58.5 Å². The molecule has 0 radical (unpaired) electrons. The molecule has 0 heterocycles. The average Bonchev–Trinajstić information content (AvgIpc) is 3.32. The second-order valence-electron chi connectivity index (χ2n) is 22.9. The number of carbonyl (C=O) groups excluding carboxylic acids is 6. The van der Waals surface area contributed by atoms with Crippen molar-refractivity contribution < 1.29 is 28.8 Å². The van der Waals surface area contributed by atoms with Crippen LogP contribution in [0, 0.1) is 47.3 Å². The summed E-state index contributed by atoms with van der Waals surface area (Å²) in [5.41, 5.74) is 1.96. The summed E-state index contributed by atoms with van der Waals surface area (Å²) in [7, 11) is 0. The number of thiocarbonyl (C=S) groups is 1. The molecule has 0 aliphatic heterocycles. The summed E-state index contributed by atoms with van der Waals surface area (Å²) in [4.78, 5) is 78.6. The fraction of sp³-hybridized carbons (Fsp3) is 0.661. The van der Waals surface area contributed by atoms with Crippen molar-refractivity contribution in [3.8, 4) is 0 Å².